The lowest BCUT2D eigenvalue weighted by atomic mass is 9.99. The van der Waals surface area contributed by atoms with E-state index in [1.54, 1.807) is 18.3 Å². The van der Waals surface area contributed by atoms with E-state index in [0.29, 0.717) is 5.92 Å². The van der Waals surface area contributed by atoms with E-state index >= 15 is 0 Å². The van der Waals surface area contributed by atoms with E-state index in [4.69, 9.17) is 0 Å². The predicted molar refractivity (Wildman–Crippen MR) is 68.8 cm³/mol. The average molecular weight is 242 g/mol. The number of aromatic nitrogens is 1. The number of hydrogen-bond donors (Lipinski definition) is 2. The van der Waals surface area contributed by atoms with E-state index in [2.05, 4.69) is 24.1 Å². The van der Waals surface area contributed by atoms with Crippen LogP contribution in [0.1, 0.15) is 50.4 Å². The van der Waals surface area contributed by atoms with Gasteiger partial charge in [-0.25, -0.2) is 4.98 Å². The van der Waals surface area contributed by atoms with Gasteiger partial charge in [-0.2, -0.15) is 0 Å². The van der Waals surface area contributed by atoms with E-state index in [9.17, 15) is 5.11 Å². The first kappa shape index (κ1) is 13.6. The molecule has 0 radical (unpaired) electrons. The van der Waals surface area contributed by atoms with Crippen molar-refractivity contribution in [2.45, 2.75) is 58.7 Å². The van der Waals surface area contributed by atoms with Crippen molar-refractivity contribution in [2.75, 3.05) is 0 Å². The molecule has 3 nitrogen and oxygen atoms in total. The van der Waals surface area contributed by atoms with Gasteiger partial charge in [-0.05, 0) is 20.8 Å². The minimum Gasteiger partial charge on any atom is -0.392 e. The maximum absolute atomic E-state index is 9.58. The Kier molecular flexibility index (Phi) is 4.47. The molecule has 92 valence electrons. The molecule has 1 aromatic heterocycles. The topological polar surface area (TPSA) is 45.2 Å². The zero-order chi connectivity index (χ0) is 12.3. The molecule has 2 N–H and O–H groups in total. The Morgan fingerprint density at radius 2 is 2.06 bits per heavy atom. The van der Waals surface area contributed by atoms with Crippen molar-refractivity contribution in [2.24, 2.45) is 0 Å². The summed E-state index contributed by atoms with van der Waals surface area (Å²) in [6.45, 7) is 10.9. The van der Waals surface area contributed by atoms with Crippen LogP contribution >= 0.6 is 11.3 Å². The molecule has 1 aromatic rings. The van der Waals surface area contributed by atoms with Crippen LogP contribution in [0.25, 0.3) is 0 Å². The highest BCUT2D eigenvalue weighted by Gasteiger charge is 2.23. The Morgan fingerprint density at radius 3 is 2.50 bits per heavy atom. The number of nitrogens with zero attached hydrogens (tertiary/aromatic N) is 1. The van der Waals surface area contributed by atoms with Crippen LogP contribution in [0.5, 0.6) is 0 Å². The Morgan fingerprint density at radius 1 is 1.44 bits per heavy atom. The summed E-state index contributed by atoms with van der Waals surface area (Å²) < 4.78 is 0. The van der Waals surface area contributed by atoms with E-state index < -0.39 is 0 Å². The van der Waals surface area contributed by atoms with Gasteiger partial charge in [0.05, 0.1) is 11.1 Å². The quantitative estimate of drug-likeness (QED) is 0.834. The molecule has 0 aliphatic rings. The molecule has 1 atom stereocenters. The van der Waals surface area contributed by atoms with Gasteiger partial charge in [0.15, 0.2) is 0 Å². The lowest BCUT2D eigenvalue weighted by molar-refractivity contribution is 0.0958. The van der Waals surface area contributed by atoms with Crippen LogP contribution in [-0.2, 0) is 6.54 Å². The standard InChI is InChI=1S/C12H22N2OS/c1-8(2)11-13-6-10(16-11)7-14-12(4,5)9(3)15/h6,8-9,14-15H,7H2,1-5H3. The van der Waals surface area contributed by atoms with Gasteiger partial charge < -0.3 is 10.4 Å². The first-order valence-corrected chi connectivity index (χ1v) is 6.52. The fourth-order valence-electron chi connectivity index (χ4n) is 1.13. The molecule has 1 unspecified atom stereocenters. The summed E-state index contributed by atoms with van der Waals surface area (Å²) in [6, 6.07) is 0. The van der Waals surface area contributed by atoms with Gasteiger partial charge in [0, 0.05) is 29.1 Å². The van der Waals surface area contributed by atoms with Crippen molar-refractivity contribution < 1.29 is 5.11 Å². The average Bonchev–Trinajstić information content (AvgIpc) is 2.63. The van der Waals surface area contributed by atoms with Gasteiger partial charge in [-0.1, -0.05) is 13.8 Å². The van der Waals surface area contributed by atoms with E-state index in [-0.39, 0.29) is 11.6 Å². The zero-order valence-corrected chi connectivity index (χ0v) is 11.6. The van der Waals surface area contributed by atoms with Crippen molar-refractivity contribution in [3.8, 4) is 0 Å². The number of aliphatic hydroxyl groups is 1. The van der Waals surface area contributed by atoms with Crippen LogP contribution in [0, 0.1) is 0 Å². The highest BCUT2D eigenvalue weighted by molar-refractivity contribution is 7.11. The number of hydrogen-bond acceptors (Lipinski definition) is 4. The molecule has 4 heteroatoms. The maximum atomic E-state index is 9.58. The molecule has 0 amide bonds. The molecule has 0 aliphatic carbocycles. The number of rotatable bonds is 5. The summed E-state index contributed by atoms with van der Waals surface area (Å²) in [5.41, 5.74) is -0.262. The highest BCUT2D eigenvalue weighted by Crippen LogP contribution is 2.21. The van der Waals surface area contributed by atoms with Gasteiger partial charge in [-0.15, -0.1) is 11.3 Å². The minimum atomic E-state index is -0.370. The molecule has 0 saturated heterocycles. The summed E-state index contributed by atoms with van der Waals surface area (Å²) in [5, 5.41) is 14.1. The summed E-state index contributed by atoms with van der Waals surface area (Å²) in [4.78, 5) is 5.60. The molecule has 1 heterocycles. The van der Waals surface area contributed by atoms with Gasteiger partial charge in [0.1, 0.15) is 0 Å². The van der Waals surface area contributed by atoms with Crippen LogP contribution in [0.3, 0.4) is 0 Å². The van der Waals surface area contributed by atoms with Gasteiger partial charge in [0.2, 0.25) is 0 Å². The Labute approximate surface area is 102 Å². The lowest BCUT2D eigenvalue weighted by Crippen LogP contribution is -2.47. The van der Waals surface area contributed by atoms with Gasteiger partial charge in [-0.3, -0.25) is 0 Å². The largest absolute Gasteiger partial charge is 0.392 e. The minimum absolute atomic E-state index is 0.262. The van der Waals surface area contributed by atoms with Crippen molar-refractivity contribution in [1.82, 2.24) is 10.3 Å². The molecule has 0 aliphatic heterocycles. The van der Waals surface area contributed by atoms with E-state index in [1.807, 2.05) is 20.0 Å². The summed E-state index contributed by atoms with van der Waals surface area (Å²) in [5.74, 6) is 0.489. The fraction of sp³-hybridized carbons (Fsp3) is 0.750. The highest BCUT2D eigenvalue weighted by atomic mass is 32.1. The molecule has 0 aromatic carbocycles. The zero-order valence-electron chi connectivity index (χ0n) is 10.7. The molecule has 0 bridgehead atoms. The van der Waals surface area contributed by atoms with Crippen LogP contribution in [0.2, 0.25) is 0 Å². The molecule has 16 heavy (non-hydrogen) atoms. The molecular formula is C12H22N2OS. The van der Waals surface area contributed by atoms with Crippen molar-refractivity contribution in [3.05, 3.63) is 16.1 Å². The van der Waals surface area contributed by atoms with Gasteiger partial charge >= 0.3 is 0 Å². The van der Waals surface area contributed by atoms with Crippen LogP contribution < -0.4 is 5.32 Å². The number of aliphatic hydroxyl groups excluding tert-OH is 1. The van der Waals surface area contributed by atoms with Gasteiger partial charge in [0.25, 0.3) is 0 Å². The summed E-state index contributed by atoms with van der Waals surface area (Å²) >= 11 is 1.74. The molecule has 1 rings (SSSR count). The second kappa shape index (κ2) is 5.25. The van der Waals surface area contributed by atoms with Crippen molar-refractivity contribution in [3.63, 3.8) is 0 Å². The SMILES string of the molecule is CC(C)c1ncc(CNC(C)(C)C(C)O)s1. The van der Waals surface area contributed by atoms with E-state index in [1.165, 1.54) is 9.88 Å². The van der Waals surface area contributed by atoms with Crippen LogP contribution in [0.15, 0.2) is 6.20 Å². The Balaban J connectivity index is 2.55. The molecule has 0 spiro atoms. The summed E-state index contributed by atoms with van der Waals surface area (Å²) in [7, 11) is 0. The predicted octanol–water partition coefficient (Wildman–Crippen LogP) is 2.52. The van der Waals surface area contributed by atoms with Crippen LogP contribution in [0.4, 0.5) is 0 Å². The number of nitrogens with one attached hydrogen (secondary N) is 1. The molecular weight excluding hydrogens is 220 g/mol. The maximum Gasteiger partial charge on any atom is 0.0953 e. The smallest absolute Gasteiger partial charge is 0.0953 e. The Hall–Kier alpha value is -0.450. The first-order valence-electron chi connectivity index (χ1n) is 5.70. The third-order valence-electron chi connectivity index (χ3n) is 2.83. The monoisotopic (exact) mass is 242 g/mol. The van der Waals surface area contributed by atoms with E-state index in [0.717, 1.165) is 6.54 Å². The molecule has 0 saturated carbocycles. The van der Waals surface area contributed by atoms with Crippen molar-refractivity contribution in [1.29, 1.82) is 0 Å². The third-order valence-corrected chi connectivity index (χ3v) is 4.13. The first-order chi connectivity index (χ1) is 7.33. The second-order valence-electron chi connectivity index (χ2n) is 5.07. The lowest BCUT2D eigenvalue weighted by Gasteiger charge is -2.29. The molecule has 0 fully saturated rings. The summed E-state index contributed by atoms with van der Waals surface area (Å²) in [6.07, 6.45) is 1.55. The van der Waals surface area contributed by atoms with Crippen molar-refractivity contribution >= 4 is 11.3 Å². The second-order valence-corrected chi connectivity index (χ2v) is 6.22. The number of thiazole rings is 1. The fourth-order valence-corrected chi connectivity index (χ4v) is 1.99. The Bertz CT molecular complexity index is 332. The normalized spacial score (nSPS) is 14.4. The van der Waals surface area contributed by atoms with Crippen LogP contribution in [-0.4, -0.2) is 21.7 Å². The third kappa shape index (κ3) is 3.54.